The predicted octanol–water partition coefficient (Wildman–Crippen LogP) is 1.21. The largest absolute Gasteiger partial charge is 0.330 e. The van der Waals surface area contributed by atoms with Crippen molar-refractivity contribution in [1.29, 1.82) is 0 Å². The summed E-state index contributed by atoms with van der Waals surface area (Å²) in [5, 5.41) is 10.8. The van der Waals surface area contributed by atoms with Crippen LogP contribution >= 0.6 is 0 Å². The highest BCUT2D eigenvalue weighted by atomic mass is 16.6. The molecule has 1 aliphatic heterocycles. The maximum absolute atomic E-state index is 11.8. The molecular weight excluding hydrogens is 234 g/mol. The normalized spacial score (nSPS) is 19.3. The van der Waals surface area contributed by atoms with E-state index < -0.39 is 4.92 Å². The van der Waals surface area contributed by atoms with E-state index in [1.807, 2.05) is 0 Å². The van der Waals surface area contributed by atoms with Crippen LogP contribution < -0.4 is 10.6 Å². The Morgan fingerprint density at radius 2 is 2.22 bits per heavy atom. The molecule has 6 heteroatoms. The Bertz CT molecular complexity index is 501. The standard InChI is InChI=1S/C12H15N3O3/c1-8-2-10(5-11(3-8)15(17)18)14-7-9(6-13)4-12(14)16/h2-3,5,9H,4,6-7,13H2,1H3. The molecule has 2 N–H and O–H groups in total. The van der Waals surface area contributed by atoms with E-state index in [1.165, 1.54) is 12.1 Å². The molecule has 0 saturated carbocycles. The molecule has 2 rings (SSSR count). The zero-order valence-corrected chi connectivity index (χ0v) is 10.1. The first-order chi connectivity index (χ1) is 8.51. The first kappa shape index (κ1) is 12.5. The number of nitrogens with zero attached hydrogens (tertiary/aromatic N) is 2. The Morgan fingerprint density at radius 3 is 2.78 bits per heavy atom. The summed E-state index contributed by atoms with van der Waals surface area (Å²) in [4.78, 5) is 23.8. The second kappa shape index (κ2) is 4.73. The zero-order valence-electron chi connectivity index (χ0n) is 10.1. The van der Waals surface area contributed by atoms with E-state index in [4.69, 9.17) is 5.73 Å². The number of nitrogens with two attached hydrogens (primary N) is 1. The van der Waals surface area contributed by atoms with Crippen molar-refractivity contribution in [2.24, 2.45) is 11.7 Å². The molecule has 1 heterocycles. The number of non-ortho nitro benzene ring substituents is 1. The third kappa shape index (κ3) is 2.33. The van der Waals surface area contributed by atoms with Crippen molar-refractivity contribution in [2.75, 3.05) is 18.0 Å². The topological polar surface area (TPSA) is 89.5 Å². The Hall–Kier alpha value is -1.95. The summed E-state index contributed by atoms with van der Waals surface area (Å²) >= 11 is 0. The van der Waals surface area contributed by atoms with Gasteiger partial charge in [-0.3, -0.25) is 14.9 Å². The average Bonchev–Trinajstić information content (AvgIpc) is 2.69. The number of nitro benzene ring substituents is 1. The van der Waals surface area contributed by atoms with Crippen LogP contribution in [0.15, 0.2) is 18.2 Å². The highest BCUT2D eigenvalue weighted by molar-refractivity contribution is 5.96. The van der Waals surface area contributed by atoms with Gasteiger partial charge in [-0.15, -0.1) is 0 Å². The van der Waals surface area contributed by atoms with E-state index in [-0.39, 0.29) is 17.5 Å². The van der Waals surface area contributed by atoms with E-state index in [9.17, 15) is 14.9 Å². The number of benzene rings is 1. The number of aryl methyl sites for hydroxylation is 1. The van der Waals surface area contributed by atoms with Gasteiger partial charge in [0.1, 0.15) is 0 Å². The van der Waals surface area contributed by atoms with E-state index in [1.54, 1.807) is 17.9 Å². The van der Waals surface area contributed by atoms with Crippen molar-refractivity contribution < 1.29 is 9.72 Å². The molecule has 1 unspecified atom stereocenters. The van der Waals surface area contributed by atoms with Crippen LogP contribution in [0.1, 0.15) is 12.0 Å². The molecule has 1 saturated heterocycles. The maximum Gasteiger partial charge on any atom is 0.271 e. The van der Waals surface area contributed by atoms with Crippen LogP contribution in [-0.4, -0.2) is 23.9 Å². The minimum Gasteiger partial charge on any atom is -0.330 e. The Labute approximate surface area is 105 Å². The van der Waals surface area contributed by atoms with Crippen molar-refractivity contribution >= 4 is 17.3 Å². The van der Waals surface area contributed by atoms with Crippen LogP contribution in [-0.2, 0) is 4.79 Å². The fourth-order valence-corrected chi connectivity index (χ4v) is 2.19. The lowest BCUT2D eigenvalue weighted by atomic mass is 10.1. The molecule has 18 heavy (non-hydrogen) atoms. The fourth-order valence-electron chi connectivity index (χ4n) is 2.19. The quantitative estimate of drug-likeness (QED) is 0.644. The molecule has 96 valence electrons. The van der Waals surface area contributed by atoms with E-state index in [0.717, 1.165) is 5.56 Å². The number of hydrogen-bond acceptors (Lipinski definition) is 4. The lowest BCUT2D eigenvalue weighted by molar-refractivity contribution is -0.384. The monoisotopic (exact) mass is 249 g/mol. The molecule has 1 atom stereocenters. The molecule has 0 radical (unpaired) electrons. The molecule has 0 aliphatic carbocycles. The number of hydrogen-bond donors (Lipinski definition) is 1. The van der Waals surface area contributed by atoms with Crippen molar-refractivity contribution in [1.82, 2.24) is 0 Å². The van der Waals surface area contributed by atoms with E-state index in [0.29, 0.717) is 25.2 Å². The number of carbonyl (C=O) groups is 1. The van der Waals surface area contributed by atoms with Gasteiger partial charge in [-0.1, -0.05) is 0 Å². The number of amides is 1. The Morgan fingerprint density at radius 1 is 1.50 bits per heavy atom. The molecule has 1 fully saturated rings. The summed E-state index contributed by atoms with van der Waals surface area (Å²) in [5.74, 6) is 0.113. The lowest BCUT2D eigenvalue weighted by Crippen LogP contribution is -2.25. The highest BCUT2D eigenvalue weighted by Gasteiger charge is 2.30. The average molecular weight is 249 g/mol. The van der Waals surface area contributed by atoms with Crippen LogP contribution in [0.2, 0.25) is 0 Å². The Kier molecular flexibility index (Phi) is 3.29. The summed E-state index contributed by atoms with van der Waals surface area (Å²) < 4.78 is 0. The molecule has 0 aromatic heterocycles. The van der Waals surface area contributed by atoms with Gasteiger partial charge < -0.3 is 10.6 Å². The summed E-state index contributed by atoms with van der Waals surface area (Å²) in [6, 6.07) is 4.71. The van der Waals surface area contributed by atoms with Crippen molar-refractivity contribution in [2.45, 2.75) is 13.3 Å². The van der Waals surface area contributed by atoms with Crippen molar-refractivity contribution in [3.8, 4) is 0 Å². The van der Waals surface area contributed by atoms with Gasteiger partial charge in [0.05, 0.1) is 10.6 Å². The molecule has 1 aliphatic rings. The van der Waals surface area contributed by atoms with Gasteiger partial charge in [-0.2, -0.15) is 0 Å². The molecular formula is C12H15N3O3. The molecule has 0 spiro atoms. The third-order valence-corrected chi connectivity index (χ3v) is 3.11. The first-order valence-electron chi connectivity index (χ1n) is 5.77. The highest BCUT2D eigenvalue weighted by Crippen LogP contribution is 2.28. The lowest BCUT2D eigenvalue weighted by Gasteiger charge is -2.16. The summed E-state index contributed by atoms with van der Waals surface area (Å²) in [7, 11) is 0. The minimum atomic E-state index is -0.447. The Balaban J connectivity index is 2.34. The molecule has 6 nitrogen and oxygen atoms in total. The van der Waals surface area contributed by atoms with Crippen LogP contribution in [0.4, 0.5) is 11.4 Å². The van der Waals surface area contributed by atoms with E-state index in [2.05, 4.69) is 0 Å². The van der Waals surface area contributed by atoms with Crippen LogP contribution in [0.5, 0.6) is 0 Å². The number of rotatable bonds is 3. The smallest absolute Gasteiger partial charge is 0.271 e. The van der Waals surface area contributed by atoms with Crippen molar-refractivity contribution in [3.05, 3.63) is 33.9 Å². The van der Waals surface area contributed by atoms with Gasteiger partial charge in [0.25, 0.3) is 5.69 Å². The molecule has 1 aromatic rings. The summed E-state index contributed by atoms with van der Waals surface area (Å²) in [5.41, 5.74) is 6.92. The molecule has 1 amide bonds. The van der Waals surface area contributed by atoms with Gasteiger partial charge in [-0.05, 0) is 31.0 Å². The SMILES string of the molecule is Cc1cc(N2CC(CN)CC2=O)cc([N+](=O)[O-])c1. The van der Waals surface area contributed by atoms with Crippen molar-refractivity contribution in [3.63, 3.8) is 0 Å². The third-order valence-electron chi connectivity index (χ3n) is 3.11. The van der Waals surface area contributed by atoms with Crippen LogP contribution in [0, 0.1) is 23.0 Å². The van der Waals surface area contributed by atoms with E-state index >= 15 is 0 Å². The summed E-state index contributed by atoms with van der Waals surface area (Å²) in [6.07, 6.45) is 0.415. The minimum absolute atomic E-state index is 0.00833. The fraction of sp³-hybridized carbons (Fsp3) is 0.417. The second-order valence-corrected chi connectivity index (χ2v) is 4.59. The maximum atomic E-state index is 11.8. The molecule has 1 aromatic carbocycles. The number of carbonyl (C=O) groups excluding carboxylic acids is 1. The number of anilines is 1. The predicted molar refractivity (Wildman–Crippen MR) is 67.3 cm³/mol. The second-order valence-electron chi connectivity index (χ2n) is 4.59. The van der Waals surface area contributed by atoms with Gasteiger partial charge >= 0.3 is 0 Å². The van der Waals surface area contributed by atoms with Gasteiger partial charge in [-0.25, -0.2) is 0 Å². The number of nitro groups is 1. The van der Waals surface area contributed by atoms with Gasteiger partial charge in [0, 0.05) is 25.1 Å². The van der Waals surface area contributed by atoms with Gasteiger partial charge in [0.15, 0.2) is 0 Å². The van der Waals surface area contributed by atoms with Gasteiger partial charge in [0.2, 0.25) is 5.91 Å². The van der Waals surface area contributed by atoms with Crippen LogP contribution in [0.25, 0.3) is 0 Å². The van der Waals surface area contributed by atoms with Crippen LogP contribution in [0.3, 0.4) is 0 Å². The first-order valence-corrected chi connectivity index (χ1v) is 5.77. The zero-order chi connectivity index (χ0) is 13.3. The molecule has 0 bridgehead atoms. The summed E-state index contributed by atoms with van der Waals surface area (Å²) in [6.45, 7) is 2.77.